The van der Waals surface area contributed by atoms with Crippen LogP contribution in [0.4, 0.5) is 5.82 Å². The predicted molar refractivity (Wildman–Crippen MR) is 92.7 cm³/mol. The van der Waals surface area contributed by atoms with E-state index in [1.54, 1.807) is 24.7 Å². The third kappa shape index (κ3) is 5.06. The van der Waals surface area contributed by atoms with Crippen molar-refractivity contribution in [2.45, 2.75) is 32.7 Å². The van der Waals surface area contributed by atoms with Crippen LogP contribution in [0, 0.1) is 0 Å². The van der Waals surface area contributed by atoms with Crippen LogP contribution in [-0.2, 0) is 6.42 Å². The summed E-state index contributed by atoms with van der Waals surface area (Å²) < 4.78 is 0. The molecule has 2 heterocycles. The molecule has 0 saturated heterocycles. The number of hydrogen-bond donors (Lipinski definition) is 1. The Bertz CT molecular complexity index is 630. The Hall–Kier alpha value is -2.43. The van der Waals surface area contributed by atoms with Crippen LogP contribution in [0.2, 0.25) is 0 Å². The van der Waals surface area contributed by atoms with Crippen molar-refractivity contribution in [2.24, 2.45) is 0 Å². The first kappa shape index (κ1) is 16.9. The molecule has 0 bridgehead atoms. The van der Waals surface area contributed by atoms with E-state index in [1.807, 2.05) is 32.2 Å². The van der Waals surface area contributed by atoms with Crippen LogP contribution in [0.3, 0.4) is 0 Å². The molecule has 5 heteroatoms. The van der Waals surface area contributed by atoms with Crippen molar-refractivity contribution in [3.05, 3.63) is 54.0 Å². The van der Waals surface area contributed by atoms with Crippen molar-refractivity contribution in [3.63, 3.8) is 0 Å². The molecule has 0 saturated carbocycles. The molecule has 2 rings (SSSR count). The fourth-order valence-electron chi connectivity index (χ4n) is 2.14. The molecule has 0 aliphatic carbocycles. The van der Waals surface area contributed by atoms with E-state index in [0.717, 1.165) is 25.2 Å². The van der Waals surface area contributed by atoms with E-state index < -0.39 is 0 Å². The topological polar surface area (TPSA) is 58.1 Å². The standard InChI is InChI=1S/C18H24N4O/c1-4-14(2)21-18(23)16-7-11-20-17(13-16)22(3)12-8-15-5-9-19-10-6-15/h5-7,9-11,13-14H,4,8,12H2,1-3H3,(H,21,23). The van der Waals surface area contributed by atoms with Gasteiger partial charge in [-0.1, -0.05) is 6.92 Å². The largest absolute Gasteiger partial charge is 0.359 e. The maximum Gasteiger partial charge on any atom is 0.251 e. The molecule has 5 nitrogen and oxygen atoms in total. The summed E-state index contributed by atoms with van der Waals surface area (Å²) in [6.45, 7) is 4.88. The number of likely N-dealkylation sites (N-methyl/N-ethyl adjacent to an activating group) is 1. The highest BCUT2D eigenvalue weighted by Crippen LogP contribution is 2.12. The molecule has 1 N–H and O–H groups in total. The van der Waals surface area contributed by atoms with Gasteiger partial charge >= 0.3 is 0 Å². The molecule has 0 fully saturated rings. The number of rotatable bonds is 7. The number of carbonyl (C=O) groups is 1. The van der Waals surface area contributed by atoms with E-state index in [4.69, 9.17) is 0 Å². The molecule has 2 aromatic heterocycles. The molecule has 1 amide bonds. The van der Waals surface area contributed by atoms with Gasteiger partial charge in [-0.3, -0.25) is 9.78 Å². The average Bonchev–Trinajstić information content (AvgIpc) is 2.60. The number of nitrogens with one attached hydrogen (secondary N) is 1. The lowest BCUT2D eigenvalue weighted by molar-refractivity contribution is 0.0939. The van der Waals surface area contributed by atoms with E-state index in [-0.39, 0.29) is 11.9 Å². The molecular formula is C18H24N4O. The van der Waals surface area contributed by atoms with Crippen molar-refractivity contribution < 1.29 is 4.79 Å². The summed E-state index contributed by atoms with van der Waals surface area (Å²) in [5.74, 6) is 0.751. The van der Waals surface area contributed by atoms with Gasteiger partial charge in [0.05, 0.1) is 0 Å². The second kappa shape index (κ2) is 8.27. The monoisotopic (exact) mass is 312 g/mol. The lowest BCUT2D eigenvalue weighted by atomic mass is 10.2. The molecule has 2 aromatic rings. The van der Waals surface area contributed by atoms with Gasteiger partial charge in [0.25, 0.3) is 5.91 Å². The Morgan fingerprint density at radius 1 is 1.26 bits per heavy atom. The molecule has 1 unspecified atom stereocenters. The number of nitrogens with zero attached hydrogens (tertiary/aromatic N) is 3. The van der Waals surface area contributed by atoms with Crippen LogP contribution in [0.1, 0.15) is 36.2 Å². The lowest BCUT2D eigenvalue weighted by Gasteiger charge is -2.19. The highest BCUT2D eigenvalue weighted by atomic mass is 16.1. The van der Waals surface area contributed by atoms with Crippen LogP contribution in [-0.4, -0.2) is 35.5 Å². The quantitative estimate of drug-likeness (QED) is 0.854. The zero-order valence-electron chi connectivity index (χ0n) is 14.0. The van der Waals surface area contributed by atoms with Gasteiger partial charge in [0.2, 0.25) is 0 Å². The molecule has 0 spiro atoms. The molecule has 122 valence electrons. The molecular weight excluding hydrogens is 288 g/mol. The van der Waals surface area contributed by atoms with Crippen molar-refractivity contribution >= 4 is 11.7 Å². The average molecular weight is 312 g/mol. The zero-order chi connectivity index (χ0) is 16.7. The minimum absolute atomic E-state index is 0.0504. The van der Waals surface area contributed by atoms with Crippen LogP contribution in [0.15, 0.2) is 42.9 Å². The summed E-state index contributed by atoms with van der Waals surface area (Å²) in [6, 6.07) is 7.78. The van der Waals surface area contributed by atoms with Gasteiger partial charge in [0.1, 0.15) is 5.82 Å². The number of hydrogen-bond acceptors (Lipinski definition) is 4. The van der Waals surface area contributed by atoms with Crippen LogP contribution >= 0.6 is 0 Å². The van der Waals surface area contributed by atoms with Crippen LogP contribution < -0.4 is 10.2 Å². The van der Waals surface area contributed by atoms with Gasteiger partial charge in [0.15, 0.2) is 0 Å². The van der Waals surface area contributed by atoms with E-state index in [0.29, 0.717) is 5.56 Å². The first-order valence-electron chi connectivity index (χ1n) is 7.97. The first-order chi connectivity index (χ1) is 11.1. The molecule has 23 heavy (non-hydrogen) atoms. The third-order valence-corrected chi connectivity index (χ3v) is 3.87. The molecule has 1 atom stereocenters. The van der Waals surface area contributed by atoms with Crippen LogP contribution in [0.25, 0.3) is 0 Å². The molecule has 0 aromatic carbocycles. The number of anilines is 1. The Balaban J connectivity index is 1.99. The second-order valence-electron chi connectivity index (χ2n) is 5.71. The van der Waals surface area contributed by atoms with Crippen molar-refractivity contribution in [3.8, 4) is 0 Å². The summed E-state index contributed by atoms with van der Waals surface area (Å²) >= 11 is 0. The highest BCUT2D eigenvalue weighted by molar-refractivity contribution is 5.95. The maximum atomic E-state index is 12.2. The van der Waals surface area contributed by atoms with Crippen LogP contribution in [0.5, 0.6) is 0 Å². The fourth-order valence-corrected chi connectivity index (χ4v) is 2.14. The van der Waals surface area contributed by atoms with Gasteiger partial charge in [0, 0.05) is 43.8 Å². The Kier molecular flexibility index (Phi) is 6.09. The number of amides is 1. The normalized spacial score (nSPS) is 11.8. The molecule has 0 aliphatic rings. The first-order valence-corrected chi connectivity index (χ1v) is 7.97. The second-order valence-corrected chi connectivity index (χ2v) is 5.71. The van der Waals surface area contributed by atoms with Gasteiger partial charge in [-0.15, -0.1) is 0 Å². The summed E-state index contributed by atoms with van der Waals surface area (Å²) in [4.78, 5) is 22.6. The summed E-state index contributed by atoms with van der Waals surface area (Å²) in [5.41, 5.74) is 1.88. The minimum Gasteiger partial charge on any atom is -0.359 e. The Morgan fingerprint density at radius 2 is 2.00 bits per heavy atom. The lowest BCUT2D eigenvalue weighted by Crippen LogP contribution is -2.32. The fraction of sp³-hybridized carbons (Fsp3) is 0.389. The van der Waals surface area contributed by atoms with Gasteiger partial charge in [-0.2, -0.15) is 0 Å². The molecule has 0 radical (unpaired) electrons. The number of pyridine rings is 2. The van der Waals surface area contributed by atoms with Gasteiger partial charge in [-0.25, -0.2) is 4.98 Å². The van der Waals surface area contributed by atoms with Gasteiger partial charge in [-0.05, 0) is 49.6 Å². The SMILES string of the molecule is CCC(C)NC(=O)c1ccnc(N(C)CCc2ccncc2)c1. The highest BCUT2D eigenvalue weighted by Gasteiger charge is 2.11. The van der Waals surface area contributed by atoms with E-state index >= 15 is 0 Å². The Morgan fingerprint density at radius 3 is 2.70 bits per heavy atom. The summed E-state index contributed by atoms with van der Waals surface area (Å²) in [5, 5.41) is 2.98. The van der Waals surface area contributed by atoms with Gasteiger partial charge < -0.3 is 10.2 Å². The van der Waals surface area contributed by atoms with E-state index in [9.17, 15) is 4.79 Å². The Labute approximate surface area is 137 Å². The predicted octanol–water partition coefficient (Wildman–Crippen LogP) is 2.68. The smallest absolute Gasteiger partial charge is 0.251 e. The van der Waals surface area contributed by atoms with E-state index in [1.165, 1.54) is 5.56 Å². The number of carbonyl (C=O) groups excluding carboxylic acids is 1. The van der Waals surface area contributed by atoms with Crippen molar-refractivity contribution in [2.75, 3.05) is 18.5 Å². The summed E-state index contributed by atoms with van der Waals surface area (Å²) in [6.07, 6.45) is 7.10. The van der Waals surface area contributed by atoms with Crippen molar-refractivity contribution in [1.82, 2.24) is 15.3 Å². The van der Waals surface area contributed by atoms with Crippen molar-refractivity contribution in [1.29, 1.82) is 0 Å². The number of aromatic nitrogens is 2. The van der Waals surface area contributed by atoms with E-state index in [2.05, 4.69) is 27.1 Å². The minimum atomic E-state index is -0.0504. The summed E-state index contributed by atoms with van der Waals surface area (Å²) in [7, 11) is 1.99. The third-order valence-electron chi connectivity index (χ3n) is 3.87. The maximum absolute atomic E-state index is 12.2. The zero-order valence-corrected chi connectivity index (χ0v) is 14.0. The molecule has 0 aliphatic heterocycles.